The molecule has 1 aromatic carbocycles. The number of hydrogen-bond acceptors (Lipinski definition) is 2. The molecule has 0 aromatic heterocycles. The quantitative estimate of drug-likeness (QED) is 0.856. The van der Waals surface area contributed by atoms with Crippen molar-refractivity contribution in [3.8, 4) is 0 Å². The van der Waals surface area contributed by atoms with Crippen molar-refractivity contribution in [2.24, 2.45) is 5.73 Å². The van der Waals surface area contributed by atoms with E-state index in [0.29, 0.717) is 0 Å². The summed E-state index contributed by atoms with van der Waals surface area (Å²) in [4.78, 5) is 0. The van der Waals surface area contributed by atoms with Gasteiger partial charge in [0.15, 0.2) is 0 Å². The van der Waals surface area contributed by atoms with Gasteiger partial charge in [0.25, 0.3) is 0 Å². The molecule has 0 radical (unpaired) electrons. The number of hydrogen-bond donors (Lipinski definition) is 2. The Morgan fingerprint density at radius 1 is 1.19 bits per heavy atom. The third-order valence-electron chi connectivity index (χ3n) is 3.19. The van der Waals surface area contributed by atoms with Gasteiger partial charge in [-0.05, 0) is 50.0 Å². The van der Waals surface area contributed by atoms with E-state index in [1.807, 2.05) is 18.2 Å². The van der Waals surface area contributed by atoms with E-state index in [0.717, 1.165) is 48.0 Å². The summed E-state index contributed by atoms with van der Waals surface area (Å²) in [7, 11) is 0. The predicted octanol–water partition coefficient (Wildman–Crippen LogP) is 2.62. The van der Waals surface area contributed by atoms with Crippen LogP contribution in [0.2, 0.25) is 10.0 Å². The van der Waals surface area contributed by atoms with Crippen molar-refractivity contribution in [2.75, 3.05) is 13.1 Å². The van der Waals surface area contributed by atoms with Gasteiger partial charge in [-0.3, -0.25) is 0 Å². The van der Waals surface area contributed by atoms with Crippen LogP contribution >= 0.6 is 23.2 Å². The summed E-state index contributed by atoms with van der Waals surface area (Å²) in [6, 6.07) is 5.60. The number of rotatable bonds is 2. The lowest BCUT2D eigenvalue weighted by Gasteiger charge is -2.34. The molecule has 0 aliphatic carbocycles. The number of piperidine rings is 1. The largest absolute Gasteiger partial charge is 0.325 e. The maximum Gasteiger partial charge on any atom is 0.0453 e. The van der Waals surface area contributed by atoms with Crippen molar-refractivity contribution in [3.63, 3.8) is 0 Å². The standard InChI is InChI=1S/C12H16Cl2N2/c13-10-2-1-3-11(14)9(10)8-12(15)4-6-16-7-5-12/h1-3,16H,4-8,15H2. The molecule has 2 nitrogen and oxygen atoms in total. The molecular formula is C12H16Cl2N2. The molecule has 0 amide bonds. The lowest BCUT2D eigenvalue weighted by Crippen LogP contribution is -2.50. The van der Waals surface area contributed by atoms with Crippen LogP contribution in [0.3, 0.4) is 0 Å². The van der Waals surface area contributed by atoms with Gasteiger partial charge in [0, 0.05) is 15.6 Å². The summed E-state index contributed by atoms with van der Waals surface area (Å²) in [6.45, 7) is 1.94. The van der Waals surface area contributed by atoms with Crippen LogP contribution in [0.15, 0.2) is 18.2 Å². The number of benzene rings is 1. The molecule has 3 N–H and O–H groups in total. The van der Waals surface area contributed by atoms with Crippen LogP contribution in [0, 0.1) is 0 Å². The molecule has 1 aromatic rings. The molecule has 88 valence electrons. The van der Waals surface area contributed by atoms with Gasteiger partial charge >= 0.3 is 0 Å². The summed E-state index contributed by atoms with van der Waals surface area (Å²) >= 11 is 12.3. The van der Waals surface area contributed by atoms with Gasteiger partial charge in [-0.15, -0.1) is 0 Å². The fraction of sp³-hybridized carbons (Fsp3) is 0.500. The minimum absolute atomic E-state index is 0.167. The Hall–Kier alpha value is -0.280. The lowest BCUT2D eigenvalue weighted by molar-refractivity contribution is 0.308. The van der Waals surface area contributed by atoms with Gasteiger partial charge < -0.3 is 11.1 Å². The highest BCUT2D eigenvalue weighted by Crippen LogP contribution is 2.30. The van der Waals surface area contributed by atoms with Crippen molar-refractivity contribution in [1.82, 2.24) is 5.32 Å². The average Bonchev–Trinajstić information content (AvgIpc) is 2.25. The molecule has 0 saturated carbocycles. The zero-order valence-corrected chi connectivity index (χ0v) is 10.6. The molecule has 1 aliphatic rings. The lowest BCUT2D eigenvalue weighted by atomic mass is 9.83. The molecule has 0 spiro atoms. The van der Waals surface area contributed by atoms with E-state index in [9.17, 15) is 0 Å². The molecule has 0 atom stereocenters. The topological polar surface area (TPSA) is 38.0 Å². The first-order valence-electron chi connectivity index (χ1n) is 5.53. The van der Waals surface area contributed by atoms with Crippen LogP contribution in [0.25, 0.3) is 0 Å². The zero-order chi connectivity index (χ0) is 11.6. The van der Waals surface area contributed by atoms with Crippen molar-refractivity contribution < 1.29 is 0 Å². The highest BCUT2D eigenvalue weighted by molar-refractivity contribution is 6.36. The first-order valence-corrected chi connectivity index (χ1v) is 6.29. The van der Waals surface area contributed by atoms with Crippen LogP contribution in [0.4, 0.5) is 0 Å². The summed E-state index contributed by atoms with van der Waals surface area (Å²) < 4.78 is 0. The van der Waals surface area contributed by atoms with E-state index >= 15 is 0 Å². The zero-order valence-electron chi connectivity index (χ0n) is 9.10. The van der Waals surface area contributed by atoms with Crippen LogP contribution in [0.1, 0.15) is 18.4 Å². The molecule has 1 heterocycles. The monoisotopic (exact) mass is 258 g/mol. The second-order valence-electron chi connectivity index (χ2n) is 4.49. The summed E-state index contributed by atoms with van der Waals surface area (Å²) in [5.41, 5.74) is 7.19. The molecule has 0 unspecified atom stereocenters. The minimum atomic E-state index is -0.167. The van der Waals surface area contributed by atoms with Gasteiger partial charge in [0.05, 0.1) is 0 Å². The summed E-state index contributed by atoms with van der Waals surface area (Å²) in [5, 5.41) is 4.75. The molecular weight excluding hydrogens is 243 g/mol. The Kier molecular flexibility index (Phi) is 3.75. The average molecular weight is 259 g/mol. The second-order valence-corrected chi connectivity index (χ2v) is 5.30. The highest BCUT2D eigenvalue weighted by atomic mass is 35.5. The molecule has 0 bridgehead atoms. The van der Waals surface area contributed by atoms with E-state index < -0.39 is 0 Å². The minimum Gasteiger partial charge on any atom is -0.325 e. The van der Waals surface area contributed by atoms with Gasteiger partial charge in [-0.1, -0.05) is 29.3 Å². The van der Waals surface area contributed by atoms with Crippen LogP contribution in [0.5, 0.6) is 0 Å². The second kappa shape index (κ2) is 4.92. The maximum absolute atomic E-state index is 6.37. The third-order valence-corrected chi connectivity index (χ3v) is 3.90. The number of nitrogens with two attached hydrogens (primary N) is 1. The van der Waals surface area contributed by atoms with Crippen molar-refractivity contribution in [1.29, 1.82) is 0 Å². The van der Waals surface area contributed by atoms with Crippen LogP contribution in [-0.4, -0.2) is 18.6 Å². The Labute approximate surface area is 106 Å². The number of nitrogens with one attached hydrogen (secondary N) is 1. The molecule has 1 fully saturated rings. The van der Waals surface area contributed by atoms with Gasteiger partial charge in [-0.25, -0.2) is 0 Å². The SMILES string of the molecule is NC1(Cc2c(Cl)cccc2Cl)CCNCC1. The Bertz CT molecular complexity index is 353. The highest BCUT2D eigenvalue weighted by Gasteiger charge is 2.28. The van der Waals surface area contributed by atoms with Crippen molar-refractivity contribution in [3.05, 3.63) is 33.8 Å². The first kappa shape index (κ1) is 12.2. The first-order chi connectivity index (χ1) is 7.61. The molecule has 4 heteroatoms. The Morgan fingerprint density at radius 3 is 2.31 bits per heavy atom. The predicted molar refractivity (Wildman–Crippen MR) is 69.2 cm³/mol. The fourth-order valence-corrected chi connectivity index (χ4v) is 2.69. The Morgan fingerprint density at radius 2 is 1.75 bits per heavy atom. The molecule has 1 aliphatic heterocycles. The van der Waals surface area contributed by atoms with Crippen LogP contribution < -0.4 is 11.1 Å². The van der Waals surface area contributed by atoms with Gasteiger partial charge in [-0.2, -0.15) is 0 Å². The smallest absolute Gasteiger partial charge is 0.0453 e. The van der Waals surface area contributed by atoms with E-state index in [4.69, 9.17) is 28.9 Å². The fourth-order valence-electron chi connectivity index (χ4n) is 2.15. The van der Waals surface area contributed by atoms with E-state index in [-0.39, 0.29) is 5.54 Å². The molecule has 1 saturated heterocycles. The summed E-state index contributed by atoms with van der Waals surface area (Å²) in [6.07, 6.45) is 2.69. The number of halogens is 2. The van der Waals surface area contributed by atoms with Crippen molar-refractivity contribution >= 4 is 23.2 Å². The van der Waals surface area contributed by atoms with Gasteiger partial charge in [0.1, 0.15) is 0 Å². The van der Waals surface area contributed by atoms with E-state index in [1.165, 1.54) is 0 Å². The van der Waals surface area contributed by atoms with Crippen molar-refractivity contribution in [2.45, 2.75) is 24.8 Å². The third kappa shape index (κ3) is 2.69. The van der Waals surface area contributed by atoms with Crippen LogP contribution in [-0.2, 0) is 6.42 Å². The summed E-state index contributed by atoms with van der Waals surface area (Å²) in [5.74, 6) is 0. The van der Waals surface area contributed by atoms with E-state index in [2.05, 4.69) is 5.32 Å². The molecule has 16 heavy (non-hydrogen) atoms. The maximum atomic E-state index is 6.37. The Balaban J connectivity index is 2.19. The van der Waals surface area contributed by atoms with E-state index in [1.54, 1.807) is 0 Å². The van der Waals surface area contributed by atoms with Gasteiger partial charge in [0.2, 0.25) is 0 Å². The molecule has 2 rings (SSSR count). The normalized spacial score (nSPS) is 19.7.